The molecule has 0 saturated carbocycles. The maximum absolute atomic E-state index is 12.6. The fourth-order valence-electron chi connectivity index (χ4n) is 3.41. The largest absolute Gasteiger partial charge is 0.369 e. The Balaban J connectivity index is 1.59. The Morgan fingerprint density at radius 2 is 1.75 bits per heavy atom. The molecule has 4 heteroatoms. The van der Waals surface area contributed by atoms with Crippen molar-refractivity contribution in [3.05, 3.63) is 52.8 Å². The van der Waals surface area contributed by atoms with Gasteiger partial charge >= 0.3 is 0 Å². The molecule has 1 aromatic heterocycles. The van der Waals surface area contributed by atoms with Crippen LogP contribution in [0.4, 0.5) is 5.69 Å². The first-order valence-electron chi connectivity index (χ1n) is 8.66. The first-order chi connectivity index (χ1) is 11.5. The average Bonchev–Trinajstić information content (AvgIpc) is 2.83. The number of carbonyl (C=O) groups is 1. The van der Waals surface area contributed by atoms with Crippen LogP contribution in [0.3, 0.4) is 0 Å². The lowest BCUT2D eigenvalue weighted by Gasteiger charge is -2.35. The van der Waals surface area contributed by atoms with Gasteiger partial charge in [0, 0.05) is 55.9 Å². The van der Waals surface area contributed by atoms with Gasteiger partial charge in [0.05, 0.1) is 6.54 Å². The lowest BCUT2D eigenvalue weighted by atomic mass is 10.1. The first-order valence-corrected chi connectivity index (χ1v) is 8.66. The minimum absolute atomic E-state index is 0.236. The van der Waals surface area contributed by atoms with Crippen LogP contribution in [0.15, 0.2) is 30.3 Å². The summed E-state index contributed by atoms with van der Waals surface area (Å²) in [5.74, 6) is 0.236. The summed E-state index contributed by atoms with van der Waals surface area (Å²) in [6.07, 6.45) is 0. The molecule has 128 valence electrons. The fraction of sp³-hybridized carbons (Fsp3) is 0.450. The Morgan fingerprint density at radius 1 is 1.04 bits per heavy atom. The van der Waals surface area contributed by atoms with E-state index in [0.717, 1.165) is 43.1 Å². The molecule has 2 heterocycles. The molecule has 24 heavy (non-hydrogen) atoms. The number of nitrogens with zero attached hydrogens (tertiary/aromatic N) is 3. The van der Waals surface area contributed by atoms with E-state index in [1.807, 2.05) is 27.0 Å². The van der Waals surface area contributed by atoms with Gasteiger partial charge in [-0.2, -0.15) is 0 Å². The maximum Gasteiger partial charge on any atom is 0.178 e. The normalized spacial score (nSPS) is 15.8. The molecule has 1 aromatic carbocycles. The fourth-order valence-corrected chi connectivity index (χ4v) is 3.41. The summed E-state index contributed by atoms with van der Waals surface area (Å²) in [6.45, 7) is 10.5. The van der Waals surface area contributed by atoms with E-state index in [1.54, 1.807) is 0 Å². The summed E-state index contributed by atoms with van der Waals surface area (Å²) in [5.41, 5.74) is 5.66. The summed E-state index contributed by atoms with van der Waals surface area (Å²) in [6, 6.07) is 10.7. The third-order valence-corrected chi connectivity index (χ3v) is 5.18. The second-order valence-electron chi connectivity index (χ2n) is 6.87. The third-order valence-electron chi connectivity index (χ3n) is 5.18. The SMILES string of the molecule is Cc1cccc(N2CCN(CC(=O)c3cc(C)n(C)c3C)CC2)c1. The molecule has 1 fully saturated rings. The zero-order valence-corrected chi connectivity index (χ0v) is 15.2. The molecule has 3 rings (SSSR count). The summed E-state index contributed by atoms with van der Waals surface area (Å²) in [4.78, 5) is 17.3. The number of aryl methyl sites for hydroxylation is 2. The van der Waals surface area contributed by atoms with Crippen molar-refractivity contribution in [2.45, 2.75) is 20.8 Å². The average molecular weight is 325 g/mol. The van der Waals surface area contributed by atoms with Crippen molar-refractivity contribution in [1.29, 1.82) is 0 Å². The molecular weight excluding hydrogens is 298 g/mol. The number of carbonyl (C=O) groups excluding carboxylic acids is 1. The van der Waals surface area contributed by atoms with Gasteiger partial charge in [-0.15, -0.1) is 0 Å². The van der Waals surface area contributed by atoms with Crippen LogP contribution in [0.2, 0.25) is 0 Å². The monoisotopic (exact) mass is 325 g/mol. The molecular formula is C20H27N3O. The molecule has 0 aliphatic carbocycles. The molecule has 1 aliphatic heterocycles. The van der Waals surface area contributed by atoms with Gasteiger partial charge in [-0.05, 0) is 44.5 Å². The van der Waals surface area contributed by atoms with Gasteiger partial charge in [0.1, 0.15) is 0 Å². The number of ketones is 1. The number of hydrogen-bond acceptors (Lipinski definition) is 3. The second kappa shape index (κ2) is 6.81. The van der Waals surface area contributed by atoms with Crippen LogP contribution in [0.25, 0.3) is 0 Å². The Labute approximate surface area is 144 Å². The zero-order valence-electron chi connectivity index (χ0n) is 15.2. The lowest BCUT2D eigenvalue weighted by Crippen LogP contribution is -2.48. The Hall–Kier alpha value is -2.07. The number of benzene rings is 1. The van der Waals surface area contributed by atoms with Crippen molar-refractivity contribution in [1.82, 2.24) is 9.47 Å². The van der Waals surface area contributed by atoms with Gasteiger partial charge in [0.15, 0.2) is 5.78 Å². The third kappa shape index (κ3) is 3.39. The van der Waals surface area contributed by atoms with Gasteiger partial charge in [-0.3, -0.25) is 9.69 Å². The summed E-state index contributed by atoms with van der Waals surface area (Å²) >= 11 is 0. The first kappa shape index (κ1) is 16.8. The number of aromatic nitrogens is 1. The van der Waals surface area contributed by atoms with Crippen LogP contribution in [0.5, 0.6) is 0 Å². The van der Waals surface area contributed by atoms with Crippen molar-refractivity contribution in [2.24, 2.45) is 7.05 Å². The number of Topliss-reactive ketones (excluding diaryl/α,β-unsaturated/α-hetero) is 1. The van der Waals surface area contributed by atoms with Crippen molar-refractivity contribution in [3.8, 4) is 0 Å². The molecule has 1 aliphatic rings. The molecule has 1 saturated heterocycles. The number of rotatable bonds is 4. The smallest absolute Gasteiger partial charge is 0.178 e. The van der Waals surface area contributed by atoms with Crippen LogP contribution in [0, 0.1) is 20.8 Å². The van der Waals surface area contributed by atoms with Crippen molar-refractivity contribution in [2.75, 3.05) is 37.6 Å². The zero-order chi connectivity index (χ0) is 17.3. The van der Waals surface area contributed by atoms with E-state index < -0.39 is 0 Å². The van der Waals surface area contributed by atoms with E-state index in [-0.39, 0.29) is 5.78 Å². The van der Waals surface area contributed by atoms with Gasteiger partial charge in [0.2, 0.25) is 0 Å². The van der Waals surface area contributed by atoms with E-state index in [2.05, 4.69) is 45.6 Å². The standard InChI is InChI=1S/C20H27N3O/c1-15-6-5-7-18(12-15)23-10-8-22(9-11-23)14-20(24)19-13-16(2)21(4)17(19)3/h5-7,12-13H,8-11,14H2,1-4H3. The highest BCUT2D eigenvalue weighted by Gasteiger charge is 2.21. The van der Waals surface area contributed by atoms with Crippen LogP contribution >= 0.6 is 0 Å². The summed E-state index contributed by atoms with van der Waals surface area (Å²) < 4.78 is 2.09. The number of hydrogen-bond donors (Lipinski definition) is 0. The molecule has 0 atom stereocenters. The molecule has 0 spiro atoms. The highest BCUT2D eigenvalue weighted by Crippen LogP contribution is 2.19. The van der Waals surface area contributed by atoms with E-state index in [0.29, 0.717) is 6.54 Å². The second-order valence-corrected chi connectivity index (χ2v) is 6.87. The van der Waals surface area contributed by atoms with Gasteiger partial charge in [0.25, 0.3) is 0 Å². The van der Waals surface area contributed by atoms with E-state index in [1.165, 1.54) is 11.3 Å². The molecule has 0 bridgehead atoms. The van der Waals surface area contributed by atoms with Crippen molar-refractivity contribution >= 4 is 11.5 Å². The van der Waals surface area contributed by atoms with Crippen LogP contribution in [-0.4, -0.2) is 48.0 Å². The summed E-state index contributed by atoms with van der Waals surface area (Å²) in [7, 11) is 2.02. The van der Waals surface area contributed by atoms with E-state index in [4.69, 9.17) is 0 Å². The molecule has 2 aromatic rings. The van der Waals surface area contributed by atoms with Crippen molar-refractivity contribution < 1.29 is 4.79 Å². The summed E-state index contributed by atoms with van der Waals surface area (Å²) in [5, 5.41) is 0. The van der Waals surface area contributed by atoms with Crippen LogP contribution in [-0.2, 0) is 7.05 Å². The van der Waals surface area contributed by atoms with E-state index >= 15 is 0 Å². The van der Waals surface area contributed by atoms with Crippen LogP contribution in [0.1, 0.15) is 27.3 Å². The van der Waals surface area contributed by atoms with Gasteiger partial charge in [-0.1, -0.05) is 12.1 Å². The lowest BCUT2D eigenvalue weighted by molar-refractivity contribution is 0.0925. The molecule has 0 radical (unpaired) electrons. The highest BCUT2D eigenvalue weighted by atomic mass is 16.1. The molecule has 0 N–H and O–H groups in total. The van der Waals surface area contributed by atoms with Gasteiger partial charge < -0.3 is 9.47 Å². The number of anilines is 1. The van der Waals surface area contributed by atoms with Crippen LogP contribution < -0.4 is 4.90 Å². The minimum atomic E-state index is 0.236. The quantitative estimate of drug-likeness (QED) is 0.809. The van der Waals surface area contributed by atoms with Crippen molar-refractivity contribution in [3.63, 3.8) is 0 Å². The number of piperazine rings is 1. The predicted molar refractivity (Wildman–Crippen MR) is 99.0 cm³/mol. The Morgan fingerprint density at radius 3 is 2.33 bits per heavy atom. The maximum atomic E-state index is 12.6. The molecule has 4 nitrogen and oxygen atoms in total. The Kier molecular flexibility index (Phi) is 4.76. The predicted octanol–water partition coefficient (Wildman–Crippen LogP) is 2.96. The molecule has 0 unspecified atom stereocenters. The Bertz CT molecular complexity index is 739. The molecule has 0 amide bonds. The van der Waals surface area contributed by atoms with Gasteiger partial charge in [-0.25, -0.2) is 0 Å². The minimum Gasteiger partial charge on any atom is -0.369 e. The topological polar surface area (TPSA) is 28.5 Å². The highest BCUT2D eigenvalue weighted by molar-refractivity contribution is 5.99. The van der Waals surface area contributed by atoms with E-state index in [9.17, 15) is 4.79 Å².